The molecule has 0 spiro atoms. The van der Waals surface area contributed by atoms with Crippen molar-refractivity contribution >= 4 is 22.9 Å². The molecule has 5 rings (SSSR count). The highest BCUT2D eigenvalue weighted by molar-refractivity contribution is 6.09. The standard InChI is InChI=1S/C23H24N6O3/c1-23(14-30)11-16-9-18(27-22(31)17-13-26-29-6-2-5-25-21(17)29)19(10-20(16)32-23)28-7-3-15(12-24)4-8-28/h2,5-6,9-10,13,15,30H,3-4,7-8,11,14H2,1H3,(H,27,31)/t23-/m1/s1. The van der Waals surface area contributed by atoms with Crippen LogP contribution in [0.5, 0.6) is 5.75 Å². The van der Waals surface area contributed by atoms with Gasteiger partial charge in [0.2, 0.25) is 0 Å². The van der Waals surface area contributed by atoms with Crippen LogP contribution in [-0.4, -0.2) is 50.9 Å². The largest absolute Gasteiger partial charge is 0.484 e. The van der Waals surface area contributed by atoms with E-state index in [-0.39, 0.29) is 18.4 Å². The normalized spacial score (nSPS) is 20.6. The molecule has 32 heavy (non-hydrogen) atoms. The lowest BCUT2D eigenvalue weighted by atomic mass is 9.96. The summed E-state index contributed by atoms with van der Waals surface area (Å²) in [5.74, 6) is 0.475. The summed E-state index contributed by atoms with van der Waals surface area (Å²) in [5, 5.41) is 26.3. The van der Waals surface area contributed by atoms with Gasteiger partial charge in [-0.05, 0) is 31.9 Å². The van der Waals surface area contributed by atoms with Crippen LogP contribution in [-0.2, 0) is 6.42 Å². The van der Waals surface area contributed by atoms with Gasteiger partial charge >= 0.3 is 0 Å². The number of aliphatic hydroxyl groups is 1. The minimum absolute atomic E-state index is 0.0532. The number of aliphatic hydroxyl groups excluding tert-OH is 1. The van der Waals surface area contributed by atoms with Gasteiger partial charge < -0.3 is 20.1 Å². The van der Waals surface area contributed by atoms with Crippen LogP contribution in [0.4, 0.5) is 11.4 Å². The summed E-state index contributed by atoms with van der Waals surface area (Å²) < 4.78 is 7.60. The molecular formula is C23H24N6O3. The molecule has 2 aliphatic heterocycles. The van der Waals surface area contributed by atoms with Gasteiger partial charge in [-0.3, -0.25) is 4.79 Å². The SMILES string of the molecule is C[C@]1(CO)Cc2cc(NC(=O)c3cnn4cccnc34)c(N3CCC(C#N)CC3)cc2O1. The fraction of sp³-hybridized carbons (Fsp3) is 0.391. The zero-order valence-electron chi connectivity index (χ0n) is 17.8. The fourth-order valence-electron chi connectivity index (χ4n) is 4.43. The molecule has 2 aromatic heterocycles. The van der Waals surface area contributed by atoms with Crippen molar-refractivity contribution in [1.82, 2.24) is 14.6 Å². The van der Waals surface area contributed by atoms with E-state index < -0.39 is 5.60 Å². The lowest BCUT2D eigenvalue weighted by Crippen LogP contribution is -2.34. The van der Waals surface area contributed by atoms with Crippen molar-refractivity contribution in [3.63, 3.8) is 0 Å². The van der Waals surface area contributed by atoms with E-state index in [1.54, 1.807) is 23.0 Å². The van der Waals surface area contributed by atoms with Crippen molar-refractivity contribution in [2.45, 2.75) is 31.8 Å². The number of carbonyl (C=O) groups excluding carboxylic acids is 1. The fourth-order valence-corrected chi connectivity index (χ4v) is 4.43. The van der Waals surface area contributed by atoms with E-state index in [1.165, 1.54) is 6.20 Å². The third-order valence-corrected chi connectivity index (χ3v) is 6.22. The van der Waals surface area contributed by atoms with Gasteiger partial charge in [0.05, 0.1) is 30.2 Å². The Balaban J connectivity index is 1.50. The van der Waals surface area contributed by atoms with E-state index in [4.69, 9.17) is 4.74 Å². The van der Waals surface area contributed by atoms with Gasteiger partial charge in [-0.2, -0.15) is 10.4 Å². The molecule has 2 N–H and O–H groups in total. The van der Waals surface area contributed by atoms with Crippen LogP contribution in [0.25, 0.3) is 5.65 Å². The lowest BCUT2D eigenvalue weighted by molar-refractivity contribution is 0.0447. The predicted molar refractivity (Wildman–Crippen MR) is 118 cm³/mol. The maximum Gasteiger partial charge on any atom is 0.261 e. The van der Waals surface area contributed by atoms with E-state index in [1.807, 2.05) is 19.1 Å². The molecule has 9 nitrogen and oxygen atoms in total. The highest BCUT2D eigenvalue weighted by Gasteiger charge is 2.36. The third-order valence-electron chi connectivity index (χ3n) is 6.22. The predicted octanol–water partition coefficient (Wildman–Crippen LogP) is 2.41. The van der Waals surface area contributed by atoms with Crippen LogP contribution in [0.2, 0.25) is 0 Å². The van der Waals surface area contributed by atoms with Gasteiger partial charge in [-0.25, -0.2) is 9.50 Å². The van der Waals surface area contributed by atoms with Crippen molar-refractivity contribution in [1.29, 1.82) is 5.26 Å². The maximum atomic E-state index is 13.2. The van der Waals surface area contributed by atoms with Gasteiger partial charge in [-0.1, -0.05) is 0 Å². The second-order valence-electron chi connectivity index (χ2n) is 8.65. The van der Waals surface area contributed by atoms with Crippen LogP contribution in [0.1, 0.15) is 35.7 Å². The summed E-state index contributed by atoms with van der Waals surface area (Å²) in [6, 6.07) is 7.97. The lowest BCUT2D eigenvalue weighted by Gasteiger charge is -2.32. The van der Waals surface area contributed by atoms with E-state index in [2.05, 4.69) is 26.4 Å². The molecule has 2 aliphatic rings. The zero-order chi connectivity index (χ0) is 22.3. The maximum absolute atomic E-state index is 13.2. The Morgan fingerprint density at radius 2 is 2.22 bits per heavy atom. The topological polar surface area (TPSA) is 116 Å². The van der Waals surface area contributed by atoms with Crippen LogP contribution >= 0.6 is 0 Å². The molecule has 1 saturated heterocycles. The molecular weight excluding hydrogens is 408 g/mol. The van der Waals surface area contributed by atoms with Crippen LogP contribution in [0, 0.1) is 17.2 Å². The molecule has 1 fully saturated rings. The minimum Gasteiger partial charge on any atom is -0.484 e. The van der Waals surface area contributed by atoms with Gasteiger partial charge in [0, 0.05) is 49.5 Å². The number of anilines is 2. The first-order valence-corrected chi connectivity index (χ1v) is 10.7. The van der Waals surface area contributed by atoms with Crippen molar-refractivity contribution in [3.05, 3.63) is 47.9 Å². The smallest absolute Gasteiger partial charge is 0.261 e. The molecule has 3 aromatic rings. The number of rotatable bonds is 4. The van der Waals surface area contributed by atoms with Crippen molar-refractivity contribution in [3.8, 4) is 11.8 Å². The number of nitrogens with zero attached hydrogens (tertiary/aromatic N) is 5. The van der Waals surface area contributed by atoms with Crippen molar-refractivity contribution < 1.29 is 14.6 Å². The molecule has 164 valence electrons. The number of ether oxygens (including phenoxy) is 1. The van der Waals surface area contributed by atoms with Crippen LogP contribution in [0.15, 0.2) is 36.8 Å². The summed E-state index contributed by atoms with van der Waals surface area (Å²) in [7, 11) is 0. The zero-order valence-corrected chi connectivity index (χ0v) is 17.8. The van der Waals surface area contributed by atoms with Gasteiger partial charge in [0.1, 0.15) is 16.9 Å². The molecule has 0 bridgehead atoms. The Labute approximate surface area is 185 Å². The second-order valence-corrected chi connectivity index (χ2v) is 8.65. The number of benzene rings is 1. The highest BCUT2D eigenvalue weighted by Crippen LogP contribution is 2.42. The van der Waals surface area contributed by atoms with E-state index in [0.717, 1.165) is 42.9 Å². The van der Waals surface area contributed by atoms with Gasteiger partial charge in [0.15, 0.2) is 5.65 Å². The number of piperidine rings is 1. The number of fused-ring (bicyclic) bond motifs is 2. The van der Waals surface area contributed by atoms with E-state index in [0.29, 0.717) is 23.3 Å². The average molecular weight is 432 g/mol. The number of amides is 1. The van der Waals surface area contributed by atoms with Crippen LogP contribution < -0.4 is 15.0 Å². The van der Waals surface area contributed by atoms with Crippen molar-refractivity contribution in [2.75, 3.05) is 29.9 Å². The average Bonchev–Trinajstić information content (AvgIpc) is 3.39. The van der Waals surface area contributed by atoms with E-state index in [9.17, 15) is 15.2 Å². The molecule has 1 atom stereocenters. The number of nitrogens with one attached hydrogen (secondary N) is 1. The summed E-state index contributed by atoms with van der Waals surface area (Å²) in [6.45, 7) is 3.21. The molecule has 0 unspecified atom stereocenters. The first-order valence-electron chi connectivity index (χ1n) is 10.7. The molecule has 0 radical (unpaired) electrons. The Morgan fingerprint density at radius 3 is 2.97 bits per heavy atom. The second kappa shape index (κ2) is 7.80. The molecule has 0 aliphatic carbocycles. The third kappa shape index (κ3) is 3.52. The highest BCUT2D eigenvalue weighted by atomic mass is 16.5. The van der Waals surface area contributed by atoms with E-state index >= 15 is 0 Å². The molecule has 0 saturated carbocycles. The first kappa shape index (κ1) is 20.3. The van der Waals surface area contributed by atoms with Crippen molar-refractivity contribution in [2.24, 2.45) is 5.92 Å². The molecule has 9 heteroatoms. The summed E-state index contributed by atoms with van der Waals surface area (Å²) in [4.78, 5) is 19.6. The monoisotopic (exact) mass is 432 g/mol. The Morgan fingerprint density at radius 1 is 1.41 bits per heavy atom. The number of hydrogen-bond acceptors (Lipinski definition) is 7. The quantitative estimate of drug-likeness (QED) is 0.650. The number of hydrogen-bond donors (Lipinski definition) is 2. The van der Waals surface area contributed by atoms with Gasteiger partial charge in [-0.15, -0.1) is 0 Å². The Kier molecular flexibility index (Phi) is 4.94. The number of aromatic nitrogens is 3. The number of carbonyl (C=O) groups is 1. The first-order chi connectivity index (χ1) is 15.5. The molecule has 4 heterocycles. The molecule has 1 amide bonds. The number of nitriles is 1. The van der Waals surface area contributed by atoms with Crippen LogP contribution in [0.3, 0.4) is 0 Å². The summed E-state index contributed by atoms with van der Waals surface area (Å²) >= 11 is 0. The van der Waals surface area contributed by atoms with Gasteiger partial charge in [0.25, 0.3) is 5.91 Å². The molecule has 1 aromatic carbocycles. The Bertz CT molecular complexity index is 1220. The Hall–Kier alpha value is -3.64. The minimum atomic E-state index is -0.678. The summed E-state index contributed by atoms with van der Waals surface area (Å²) in [5.41, 5.74) is 2.65. The summed E-state index contributed by atoms with van der Waals surface area (Å²) in [6.07, 6.45) is 6.97.